The maximum atomic E-state index is 11.2. The molecule has 0 saturated carbocycles. The normalized spacial score (nSPS) is 11.5. The number of anilines is 2. The molecule has 0 atom stereocenters. The van der Waals surface area contributed by atoms with E-state index in [-0.39, 0.29) is 4.90 Å². The van der Waals surface area contributed by atoms with Crippen LogP contribution in [0.25, 0.3) is 10.8 Å². The van der Waals surface area contributed by atoms with Crippen molar-refractivity contribution in [1.82, 2.24) is 0 Å². The fraction of sp³-hybridized carbons (Fsp3) is 0. The van der Waals surface area contributed by atoms with Crippen LogP contribution in [0.3, 0.4) is 0 Å². The van der Waals surface area contributed by atoms with Gasteiger partial charge in [0.15, 0.2) is 0 Å². The summed E-state index contributed by atoms with van der Waals surface area (Å²) in [6, 6.07) is 19.5. The minimum Gasteiger partial charge on any atom is -0.744 e. The Morgan fingerprint density at radius 1 is 0.857 bits per heavy atom. The van der Waals surface area contributed by atoms with Gasteiger partial charge in [0, 0.05) is 16.8 Å². The third-order valence-corrected chi connectivity index (χ3v) is 4.03. The Hall–Kier alpha value is -2.37. The van der Waals surface area contributed by atoms with Crippen molar-refractivity contribution in [3.05, 3.63) is 66.7 Å². The van der Waals surface area contributed by atoms with E-state index < -0.39 is 10.1 Å². The highest BCUT2D eigenvalue weighted by Gasteiger charge is 2.06. The topological polar surface area (TPSA) is 69.2 Å². The Bertz CT molecular complexity index is 890. The zero-order chi connectivity index (χ0) is 14.9. The highest BCUT2D eigenvalue weighted by atomic mass is 32.2. The molecule has 0 heterocycles. The molecule has 0 radical (unpaired) electrons. The van der Waals surface area contributed by atoms with Gasteiger partial charge in [-0.2, -0.15) is 0 Å². The standard InChI is InChI=1S/C16H13NO3S/c18-21(19,20)14-10-9-12-5-4-8-16(15(12)11-14)17-13-6-2-1-3-7-13/h1-11,17H,(H,18,19,20)/p-1. The van der Waals surface area contributed by atoms with E-state index in [1.54, 1.807) is 6.07 Å². The van der Waals surface area contributed by atoms with Crippen molar-refractivity contribution in [2.24, 2.45) is 0 Å². The van der Waals surface area contributed by atoms with E-state index in [0.717, 1.165) is 16.8 Å². The molecule has 0 spiro atoms. The summed E-state index contributed by atoms with van der Waals surface area (Å²) in [4.78, 5) is -0.225. The maximum absolute atomic E-state index is 11.2. The highest BCUT2D eigenvalue weighted by Crippen LogP contribution is 2.28. The second-order valence-electron chi connectivity index (χ2n) is 4.63. The second-order valence-corrected chi connectivity index (χ2v) is 6.01. The van der Waals surface area contributed by atoms with Crippen molar-refractivity contribution >= 4 is 32.3 Å². The molecular weight excluding hydrogens is 286 g/mol. The molecule has 106 valence electrons. The van der Waals surface area contributed by atoms with Crippen LogP contribution >= 0.6 is 0 Å². The first kappa shape index (κ1) is 13.6. The number of benzene rings is 3. The van der Waals surface area contributed by atoms with Gasteiger partial charge in [-0.1, -0.05) is 36.4 Å². The zero-order valence-electron chi connectivity index (χ0n) is 11.0. The van der Waals surface area contributed by atoms with E-state index in [2.05, 4.69) is 5.32 Å². The lowest BCUT2D eigenvalue weighted by Crippen LogP contribution is -1.99. The predicted molar refractivity (Wildman–Crippen MR) is 81.6 cm³/mol. The van der Waals surface area contributed by atoms with Crippen molar-refractivity contribution in [3.63, 3.8) is 0 Å². The van der Waals surface area contributed by atoms with Crippen LogP contribution in [0.2, 0.25) is 0 Å². The Balaban J connectivity index is 2.14. The zero-order valence-corrected chi connectivity index (χ0v) is 11.8. The molecule has 0 aliphatic heterocycles. The van der Waals surface area contributed by atoms with Crippen LogP contribution in [0.5, 0.6) is 0 Å². The van der Waals surface area contributed by atoms with E-state index >= 15 is 0 Å². The highest BCUT2D eigenvalue weighted by molar-refractivity contribution is 7.85. The number of hydrogen-bond donors (Lipinski definition) is 1. The quantitative estimate of drug-likeness (QED) is 0.751. The smallest absolute Gasteiger partial charge is 0.124 e. The molecule has 0 amide bonds. The van der Waals surface area contributed by atoms with Gasteiger partial charge in [0.25, 0.3) is 0 Å². The molecule has 4 nitrogen and oxygen atoms in total. The van der Waals surface area contributed by atoms with Crippen molar-refractivity contribution in [2.45, 2.75) is 4.90 Å². The monoisotopic (exact) mass is 298 g/mol. The predicted octanol–water partition coefficient (Wildman–Crippen LogP) is 3.49. The molecule has 5 heteroatoms. The lowest BCUT2D eigenvalue weighted by Gasteiger charge is -2.12. The van der Waals surface area contributed by atoms with Crippen molar-refractivity contribution in [2.75, 3.05) is 5.32 Å². The van der Waals surface area contributed by atoms with Gasteiger partial charge in [-0.05, 0) is 35.7 Å². The van der Waals surface area contributed by atoms with Gasteiger partial charge in [0.05, 0.1) is 4.90 Å². The SMILES string of the molecule is O=S(=O)([O-])c1ccc2cccc(Nc3ccccc3)c2c1. The molecule has 3 aromatic carbocycles. The van der Waals surface area contributed by atoms with Crippen molar-refractivity contribution < 1.29 is 13.0 Å². The van der Waals surface area contributed by atoms with Crippen LogP contribution in [0.1, 0.15) is 0 Å². The van der Waals surface area contributed by atoms with Crippen molar-refractivity contribution in [1.29, 1.82) is 0 Å². The number of hydrogen-bond acceptors (Lipinski definition) is 4. The lowest BCUT2D eigenvalue weighted by atomic mass is 10.1. The van der Waals surface area contributed by atoms with E-state index in [1.807, 2.05) is 48.5 Å². The van der Waals surface area contributed by atoms with E-state index in [4.69, 9.17) is 0 Å². The molecule has 3 rings (SSSR count). The molecule has 0 unspecified atom stereocenters. The molecule has 0 aliphatic rings. The Morgan fingerprint density at radius 3 is 2.33 bits per heavy atom. The lowest BCUT2D eigenvalue weighted by molar-refractivity contribution is 0.463. The van der Waals surface area contributed by atoms with Crippen molar-refractivity contribution in [3.8, 4) is 0 Å². The van der Waals surface area contributed by atoms with Gasteiger partial charge >= 0.3 is 0 Å². The van der Waals surface area contributed by atoms with Gasteiger partial charge in [-0.25, -0.2) is 8.42 Å². The summed E-state index contributed by atoms with van der Waals surface area (Å²) in [5.41, 5.74) is 1.64. The average Bonchev–Trinajstić information content (AvgIpc) is 2.47. The van der Waals surface area contributed by atoms with Gasteiger partial charge in [-0.15, -0.1) is 0 Å². The van der Waals surface area contributed by atoms with Gasteiger partial charge < -0.3 is 9.87 Å². The molecule has 0 bridgehead atoms. The fourth-order valence-corrected chi connectivity index (χ4v) is 2.69. The third-order valence-electron chi connectivity index (χ3n) is 3.20. The summed E-state index contributed by atoms with van der Waals surface area (Å²) in [6.07, 6.45) is 0. The molecular formula is C16H12NO3S-. The van der Waals surface area contributed by atoms with Crippen LogP contribution in [0, 0.1) is 0 Å². The fourth-order valence-electron chi connectivity index (χ4n) is 2.19. The summed E-state index contributed by atoms with van der Waals surface area (Å²) in [5, 5.41) is 4.79. The average molecular weight is 298 g/mol. The first-order valence-electron chi connectivity index (χ1n) is 6.35. The number of rotatable bonds is 3. The third kappa shape index (κ3) is 2.89. The van der Waals surface area contributed by atoms with Crippen LogP contribution in [-0.2, 0) is 10.1 Å². The van der Waals surface area contributed by atoms with Gasteiger partial charge in [0.1, 0.15) is 10.1 Å². The summed E-state index contributed by atoms with van der Waals surface area (Å²) >= 11 is 0. The molecule has 3 aromatic rings. The molecule has 1 N–H and O–H groups in total. The van der Waals surface area contributed by atoms with Crippen LogP contribution in [0.4, 0.5) is 11.4 Å². The van der Waals surface area contributed by atoms with E-state index in [9.17, 15) is 13.0 Å². The summed E-state index contributed by atoms with van der Waals surface area (Å²) in [5.74, 6) is 0. The van der Waals surface area contributed by atoms with Crippen LogP contribution in [0.15, 0.2) is 71.6 Å². The van der Waals surface area contributed by atoms with Crippen LogP contribution < -0.4 is 5.32 Å². The molecule has 21 heavy (non-hydrogen) atoms. The van der Waals surface area contributed by atoms with E-state index in [1.165, 1.54) is 12.1 Å². The first-order valence-corrected chi connectivity index (χ1v) is 7.76. The number of fused-ring (bicyclic) bond motifs is 1. The molecule has 0 aliphatic carbocycles. The van der Waals surface area contributed by atoms with E-state index in [0.29, 0.717) is 5.39 Å². The Kier molecular flexibility index (Phi) is 3.37. The Morgan fingerprint density at radius 2 is 1.62 bits per heavy atom. The summed E-state index contributed by atoms with van der Waals surface area (Å²) < 4.78 is 33.5. The molecule has 0 saturated heterocycles. The second kappa shape index (κ2) is 5.20. The molecule has 0 aromatic heterocycles. The van der Waals surface area contributed by atoms with Crippen LogP contribution in [-0.4, -0.2) is 13.0 Å². The number of para-hydroxylation sites is 1. The molecule has 0 fully saturated rings. The minimum atomic E-state index is -4.46. The van der Waals surface area contributed by atoms with Gasteiger partial charge in [0.2, 0.25) is 0 Å². The first-order chi connectivity index (χ1) is 10.0. The summed E-state index contributed by atoms with van der Waals surface area (Å²) in [7, 11) is -4.46. The maximum Gasteiger partial charge on any atom is 0.124 e. The minimum absolute atomic E-state index is 0.225. The number of nitrogens with one attached hydrogen (secondary N) is 1. The Labute approximate surface area is 122 Å². The summed E-state index contributed by atoms with van der Waals surface area (Å²) in [6.45, 7) is 0. The van der Waals surface area contributed by atoms with Gasteiger partial charge in [-0.3, -0.25) is 0 Å². The largest absolute Gasteiger partial charge is 0.744 e.